The maximum absolute atomic E-state index is 13.8. The number of ether oxygens (including phenoxy) is 1. The molecule has 0 aliphatic rings. The van der Waals surface area contributed by atoms with Crippen LogP contribution in [0.1, 0.15) is 5.56 Å². The molecular weight excluding hydrogens is 316 g/mol. The Hall–Kier alpha value is -1.46. The van der Waals surface area contributed by atoms with Crippen molar-refractivity contribution in [3.63, 3.8) is 0 Å². The van der Waals surface area contributed by atoms with Crippen LogP contribution in [0.3, 0.4) is 0 Å². The van der Waals surface area contributed by atoms with Gasteiger partial charge in [0.15, 0.2) is 11.6 Å². The average Bonchev–Trinajstić information content (AvgIpc) is 2.37. The fourth-order valence-electron chi connectivity index (χ4n) is 1.62. The fraction of sp³-hybridized carbons (Fsp3) is 0.143. The normalized spacial score (nSPS) is 10.5. The van der Waals surface area contributed by atoms with E-state index in [4.69, 9.17) is 10.5 Å². The first-order chi connectivity index (χ1) is 9.10. The van der Waals surface area contributed by atoms with Gasteiger partial charge in [0.05, 0.1) is 4.47 Å². The molecule has 100 valence electrons. The molecule has 19 heavy (non-hydrogen) atoms. The standard InChI is InChI=1S/C14H12BrF2NO/c15-11-3-2-10(16)8-14(11)19-13-4-1-9(5-6-18)7-12(13)17/h1-4,7-8H,5-6,18H2. The summed E-state index contributed by atoms with van der Waals surface area (Å²) in [5.74, 6) is -0.669. The van der Waals surface area contributed by atoms with E-state index in [0.717, 1.165) is 5.56 Å². The topological polar surface area (TPSA) is 35.2 Å². The van der Waals surface area contributed by atoms with Gasteiger partial charge in [-0.2, -0.15) is 0 Å². The van der Waals surface area contributed by atoms with Gasteiger partial charge in [0.1, 0.15) is 11.6 Å². The van der Waals surface area contributed by atoms with Gasteiger partial charge in [-0.3, -0.25) is 0 Å². The number of halogens is 3. The molecule has 2 N–H and O–H groups in total. The molecule has 0 atom stereocenters. The van der Waals surface area contributed by atoms with Crippen molar-refractivity contribution in [2.45, 2.75) is 6.42 Å². The summed E-state index contributed by atoms with van der Waals surface area (Å²) in [5.41, 5.74) is 6.20. The summed E-state index contributed by atoms with van der Waals surface area (Å²) in [7, 11) is 0. The summed E-state index contributed by atoms with van der Waals surface area (Å²) in [6, 6.07) is 8.60. The van der Waals surface area contributed by atoms with Crippen LogP contribution >= 0.6 is 15.9 Å². The van der Waals surface area contributed by atoms with E-state index >= 15 is 0 Å². The number of nitrogens with two attached hydrogens (primary N) is 1. The van der Waals surface area contributed by atoms with E-state index in [9.17, 15) is 8.78 Å². The molecule has 5 heteroatoms. The summed E-state index contributed by atoms with van der Waals surface area (Å²) in [6.07, 6.45) is 0.598. The molecule has 2 aromatic carbocycles. The first-order valence-electron chi connectivity index (χ1n) is 5.71. The van der Waals surface area contributed by atoms with Crippen LogP contribution in [0.2, 0.25) is 0 Å². The Morgan fingerprint density at radius 3 is 2.53 bits per heavy atom. The molecule has 2 aromatic rings. The first kappa shape index (κ1) is 14.0. The molecule has 0 saturated heterocycles. The molecule has 0 saturated carbocycles. The molecular formula is C14H12BrF2NO. The van der Waals surface area contributed by atoms with Crippen molar-refractivity contribution in [1.82, 2.24) is 0 Å². The summed E-state index contributed by atoms with van der Waals surface area (Å²) >= 11 is 3.22. The third kappa shape index (κ3) is 3.52. The Bertz CT molecular complexity index is 590. The van der Waals surface area contributed by atoms with Gasteiger partial charge in [-0.15, -0.1) is 0 Å². The second-order valence-electron chi connectivity index (χ2n) is 3.98. The zero-order valence-electron chi connectivity index (χ0n) is 10.00. The third-order valence-corrected chi connectivity index (χ3v) is 3.20. The van der Waals surface area contributed by atoms with Gasteiger partial charge in [-0.25, -0.2) is 8.78 Å². The van der Waals surface area contributed by atoms with Crippen LogP contribution in [-0.4, -0.2) is 6.54 Å². The van der Waals surface area contributed by atoms with Crippen molar-refractivity contribution in [3.05, 3.63) is 58.1 Å². The Morgan fingerprint density at radius 1 is 1.05 bits per heavy atom. The number of hydrogen-bond donors (Lipinski definition) is 1. The fourth-order valence-corrected chi connectivity index (χ4v) is 1.95. The summed E-state index contributed by atoms with van der Waals surface area (Å²) in [4.78, 5) is 0. The van der Waals surface area contributed by atoms with Crippen LogP contribution < -0.4 is 10.5 Å². The molecule has 0 aromatic heterocycles. The van der Waals surface area contributed by atoms with E-state index in [1.165, 1.54) is 30.3 Å². The minimum atomic E-state index is -0.498. The second-order valence-corrected chi connectivity index (χ2v) is 4.83. The van der Waals surface area contributed by atoms with Gasteiger partial charge in [-0.1, -0.05) is 6.07 Å². The van der Waals surface area contributed by atoms with Crippen LogP contribution in [-0.2, 0) is 6.42 Å². The lowest BCUT2D eigenvalue weighted by atomic mass is 10.1. The van der Waals surface area contributed by atoms with Crippen LogP contribution in [0.4, 0.5) is 8.78 Å². The van der Waals surface area contributed by atoms with E-state index in [1.54, 1.807) is 6.07 Å². The Balaban J connectivity index is 2.25. The van der Waals surface area contributed by atoms with Crippen molar-refractivity contribution in [1.29, 1.82) is 0 Å². The van der Waals surface area contributed by atoms with Crippen LogP contribution in [0, 0.1) is 11.6 Å². The van der Waals surface area contributed by atoms with Gasteiger partial charge >= 0.3 is 0 Å². The molecule has 0 aliphatic heterocycles. The first-order valence-corrected chi connectivity index (χ1v) is 6.51. The van der Waals surface area contributed by atoms with Crippen molar-refractivity contribution >= 4 is 15.9 Å². The van der Waals surface area contributed by atoms with Crippen LogP contribution in [0.15, 0.2) is 40.9 Å². The molecule has 0 unspecified atom stereocenters. The highest BCUT2D eigenvalue weighted by molar-refractivity contribution is 9.10. The number of rotatable bonds is 4. The minimum absolute atomic E-state index is 0.0482. The lowest BCUT2D eigenvalue weighted by Gasteiger charge is -2.09. The van der Waals surface area contributed by atoms with Gasteiger partial charge in [0, 0.05) is 6.07 Å². The summed E-state index contributed by atoms with van der Waals surface area (Å²) < 4.78 is 32.8. The zero-order valence-corrected chi connectivity index (χ0v) is 11.6. The zero-order chi connectivity index (χ0) is 13.8. The monoisotopic (exact) mass is 327 g/mol. The van der Waals surface area contributed by atoms with Gasteiger partial charge in [0.25, 0.3) is 0 Å². The van der Waals surface area contributed by atoms with Gasteiger partial charge in [-0.05, 0) is 58.7 Å². The molecule has 0 fully saturated rings. The number of benzene rings is 2. The highest BCUT2D eigenvalue weighted by Crippen LogP contribution is 2.31. The molecule has 0 radical (unpaired) electrons. The van der Waals surface area contributed by atoms with Crippen molar-refractivity contribution < 1.29 is 13.5 Å². The molecule has 2 nitrogen and oxygen atoms in total. The largest absolute Gasteiger partial charge is 0.453 e. The average molecular weight is 328 g/mol. The molecule has 2 rings (SSSR count). The lowest BCUT2D eigenvalue weighted by molar-refractivity contribution is 0.436. The summed E-state index contributed by atoms with van der Waals surface area (Å²) in [6.45, 7) is 0.453. The molecule has 0 spiro atoms. The van der Waals surface area contributed by atoms with E-state index in [2.05, 4.69) is 15.9 Å². The minimum Gasteiger partial charge on any atom is -0.453 e. The third-order valence-electron chi connectivity index (χ3n) is 2.54. The van der Waals surface area contributed by atoms with Gasteiger partial charge in [0.2, 0.25) is 0 Å². The van der Waals surface area contributed by atoms with Crippen molar-refractivity contribution in [2.24, 2.45) is 5.73 Å². The van der Waals surface area contributed by atoms with E-state index in [1.807, 2.05) is 0 Å². The SMILES string of the molecule is NCCc1ccc(Oc2cc(F)ccc2Br)c(F)c1. The maximum atomic E-state index is 13.8. The van der Waals surface area contributed by atoms with E-state index < -0.39 is 11.6 Å². The molecule has 0 amide bonds. The molecule has 0 aliphatic carbocycles. The van der Waals surface area contributed by atoms with Crippen LogP contribution in [0.5, 0.6) is 11.5 Å². The highest BCUT2D eigenvalue weighted by atomic mass is 79.9. The smallest absolute Gasteiger partial charge is 0.165 e. The van der Waals surface area contributed by atoms with E-state index in [0.29, 0.717) is 17.4 Å². The predicted octanol–water partition coefficient (Wildman–Crippen LogP) is 4.02. The maximum Gasteiger partial charge on any atom is 0.165 e. The van der Waals surface area contributed by atoms with Crippen LogP contribution in [0.25, 0.3) is 0 Å². The second kappa shape index (κ2) is 6.12. The Kier molecular flexibility index (Phi) is 4.50. The van der Waals surface area contributed by atoms with E-state index in [-0.39, 0.29) is 11.5 Å². The Morgan fingerprint density at radius 2 is 1.84 bits per heavy atom. The Labute approximate surface area is 118 Å². The molecule has 0 heterocycles. The number of hydrogen-bond acceptors (Lipinski definition) is 2. The highest BCUT2D eigenvalue weighted by Gasteiger charge is 2.09. The van der Waals surface area contributed by atoms with Gasteiger partial charge < -0.3 is 10.5 Å². The lowest BCUT2D eigenvalue weighted by Crippen LogP contribution is -2.03. The quantitative estimate of drug-likeness (QED) is 0.920. The summed E-state index contributed by atoms with van der Waals surface area (Å²) in [5, 5.41) is 0. The predicted molar refractivity (Wildman–Crippen MR) is 73.3 cm³/mol. The van der Waals surface area contributed by atoms with Crippen molar-refractivity contribution in [3.8, 4) is 11.5 Å². The molecule has 0 bridgehead atoms. The van der Waals surface area contributed by atoms with Crippen molar-refractivity contribution in [2.75, 3.05) is 6.54 Å².